The second kappa shape index (κ2) is 10.9. The van der Waals surface area contributed by atoms with E-state index in [9.17, 15) is 14.4 Å². The van der Waals surface area contributed by atoms with Crippen molar-refractivity contribution in [2.45, 2.75) is 62.9 Å². The molecule has 5 rings (SSSR count). The first-order valence-corrected chi connectivity index (χ1v) is 13.2. The standard InChI is InChI=1S/C29H35N3O4/c33-26(31(20-22-8-6-9-22)21-25-13-7-17-36-25)18-29(23-10-2-1-3-11-23)19-27(34)32(28(29)35)16-14-24-12-4-5-15-30-24/h1-5,10-12,15,22,25H,6-9,13-14,16-21H2/t25-,29-/m1/s1. The molecule has 3 fully saturated rings. The lowest BCUT2D eigenvalue weighted by atomic mass is 9.75. The van der Waals surface area contributed by atoms with Crippen LogP contribution in [0.4, 0.5) is 0 Å². The van der Waals surface area contributed by atoms with E-state index in [0.29, 0.717) is 25.4 Å². The second-order valence-electron chi connectivity index (χ2n) is 10.5. The first-order valence-electron chi connectivity index (χ1n) is 13.2. The first-order chi connectivity index (χ1) is 17.5. The Bertz CT molecular complexity index is 1070. The summed E-state index contributed by atoms with van der Waals surface area (Å²) in [7, 11) is 0. The van der Waals surface area contributed by atoms with Gasteiger partial charge in [0.15, 0.2) is 0 Å². The molecule has 190 valence electrons. The predicted octanol–water partition coefficient (Wildman–Crippen LogP) is 3.52. The SMILES string of the molecule is O=C(C[C@]1(c2ccccc2)CC(=O)N(CCc2ccccn2)C1=O)N(CC1CCC1)C[C@H]1CCCO1. The van der Waals surface area contributed by atoms with E-state index in [1.807, 2.05) is 53.4 Å². The molecule has 0 unspecified atom stereocenters. The van der Waals surface area contributed by atoms with Gasteiger partial charge in [0, 0.05) is 57.4 Å². The van der Waals surface area contributed by atoms with Crippen LogP contribution in [0.5, 0.6) is 0 Å². The maximum absolute atomic E-state index is 13.9. The summed E-state index contributed by atoms with van der Waals surface area (Å²) >= 11 is 0. The highest BCUT2D eigenvalue weighted by molar-refractivity contribution is 6.10. The van der Waals surface area contributed by atoms with Gasteiger partial charge in [-0.15, -0.1) is 0 Å². The Hall–Kier alpha value is -3.06. The maximum atomic E-state index is 13.9. The van der Waals surface area contributed by atoms with Crippen LogP contribution in [-0.2, 0) is 31.0 Å². The Labute approximate surface area is 212 Å². The van der Waals surface area contributed by atoms with Crippen LogP contribution in [0, 0.1) is 5.92 Å². The fourth-order valence-corrected chi connectivity index (χ4v) is 5.69. The molecule has 36 heavy (non-hydrogen) atoms. The Balaban J connectivity index is 1.38. The van der Waals surface area contributed by atoms with Gasteiger partial charge in [-0.1, -0.05) is 42.8 Å². The van der Waals surface area contributed by atoms with E-state index in [4.69, 9.17) is 4.74 Å². The lowest BCUT2D eigenvalue weighted by Crippen LogP contribution is -2.47. The van der Waals surface area contributed by atoms with Crippen LogP contribution in [0.1, 0.15) is 56.2 Å². The van der Waals surface area contributed by atoms with Crippen molar-refractivity contribution < 1.29 is 19.1 Å². The number of amides is 3. The van der Waals surface area contributed by atoms with Crippen molar-refractivity contribution in [2.24, 2.45) is 5.92 Å². The van der Waals surface area contributed by atoms with Gasteiger partial charge in [-0.3, -0.25) is 24.3 Å². The highest BCUT2D eigenvalue weighted by atomic mass is 16.5. The van der Waals surface area contributed by atoms with Crippen LogP contribution in [0.25, 0.3) is 0 Å². The highest BCUT2D eigenvalue weighted by Crippen LogP contribution is 2.41. The molecule has 2 saturated heterocycles. The van der Waals surface area contributed by atoms with Gasteiger partial charge >= 0.3 is 0 Å². The van der Waals surface area contributed by atoms with Crippen molar-refractivity contribution in [1.29, 1.82) is 0 Å². The third-order valence-electron chi connectivity index (χ3n) is 8.01. The number of imide groups is 1. The zero-order valence-corrected chi connectivity index (χ0v) is 20.8. The zero-order chi connectivity index (χ0) is 25.0. The molecule has 2 atom stereocenters. The molecule has 0 spiro atoms. The molecular weight excluding hydrogens is 454 g/mol. The highest BCUT2D eigenvalue weighted by Gasteiger charge is 2.54. The summed E-state index contributed by atoms with van der Waals surface area (Å²) in [6.45, 7) is 2.27. The van der Waals surface area contributed by atoms with Gasteiger partial charge in [-0.05, 0) is 49.3 Å². The Morgan fingerprint density at radius 2 is 1.83 bits per heavy atom. The zero-order valence-electron chi connectivity index (χ0n) is 20.8. The van der Waals surface area contributed by atoms with E-state index in [2.05, 4.69) is 4.98 Å². The molecule has 0 radical (unpaired) electrons. The molecule has 7 heteroatoms. The minimum absolute atomic E-state index is 0.00110. The Morgan fingerprint density at radius 3 is 2.50 bits per heavy atom. The third-order valence-corrected chi connectivity index (χ3v) is 8.01. The average molecular weight is 490 g/mol. The summed E-state index contributed by atoms with van der Waals surface area (Å²) in [5.41, 5.74) is 0.390. The van der Waals surface area contributed by atoms with Gasteiger partial charge in [0.1, 0.15) is 0 Å². The molecule has 0 N–H and O–H groups in total. The summed E-state index contributed by atoms with van der Waals surface area (Å²) in [5, 5.41) is 0. The van der Waals surface area contributed by atoms with E-state index >= 15 is 0 Å². The number of carbonyl (C=O) groups excluding carboxylic acids is 3. The van der Waals surface area contributed by atoms with E-state index in [1.165, 1.54) is 11.3 Å². The normalized spacial score (nSPS) is 24.2. The van der Waals surface area contributed by atoms with E-state index in [0.717, 1.165) is 43.5 Å². The average Bonchev–Trinajstić information content (AvgIpc) is 3.47. The molecule has 3 heterocycles. The minimum atomic E-state index is -1.17. The van der Waals surface area contributed by atoms with Crippen molar-refractivity contribution in [1.82, 2.24) is 14.8 Å². The number of aromatic nitrogens is 1. The Morgan fingerprint density at radius 1 is 1.03 bits per heavy atom. The molecule has 7 nitrogen and oxygen atoms in total. The van der Waals surface area contributed by atoms with Crippen molar-refractivity contribution in [3.8, 4) is 0 Å². The van der Waals surface area contributed by atoms with Crippen LogP contribution in [-0.4, -0.2) is 64.9 Å². The van der Waals surface area contributed by atoms with Crippen LogP contribution in [0.2, 0.25) is 0 Å². The summed E-state index contributed by atoms with van der Waals surface area (Å²) in [6.07, 6.45) is 7.72. The fraction of sp³-hybridized carbons (Fsp3) is 0.517. The van der Waals surface area contributed by atoms with Crippen LogP contribution < -0.4 is 0 Å². The lowest BCUT2D eigenvalue weighted by molar-refractivity contribution is -0.143. The van der Waals surface area contributed by atoms with Gasteiger partial charge in [-0.25, -0.2) is 0 Å². The molecule has 2 aromatic rings. The Kier molecular flexibility index (Phi) is 7.46. The molecule has 0 bridgehead atoms. The smallest absolute Gasteiger partial charge is 0.240 e. The summed E-state index contributed by atoms with van der Waals surface area (Å²) in [5.74, 6) is -0.0475. The van der Waals surface area contributed by atoms with E-state index < -0.39 is 5.41 Å². The number of carbonyl (C=O) groups is 3. The molecule has 3 amide bonds. The van der Waals surface area contributed by atoms with Gasteiger partial charge in [0.05, 0.1) is 11.5 Å². The maximum Gasteiger partial charge on any atom is 0.240 e. The molecular formula is C29H35N3O4. The van der Waals surface area contributed by atoms with Crippen molar-refractivity contribution in [3.63, 3.8) is 0 Å². The number of hydrogen-bond acceptors (Lipinski definition) is 5. The number of rotatable bonds is 10. The summed E-state index contributed by atoms with van der Waals surface area (Å²) in [6, 6.07) is 15.0. The number of ether oxygens (including phenoxy) is 1. The van der Waals surface area contributed by atoms with Gasteiger partial charge < -0.3 is 9.64 Å². The molecule has 2 aliphatic heterocycles. The van der Waals surface area contributed by atoms with Gasteiger partial charge in [0.2, 0.25) is 17.7 Å². The predicted molar refractivity (Wildman–Crippen MR) is 135 cm³/mol. The van der Waals surface area contributed by atoms with Crippen LogP contribution in [0.3, 0.4) is 0 Å². The monoisotopic (exact) mass is 489 g/mol. The van der Waals surface area contributed by atoms with E-state index in [1.54, 1.807) is 6.20 Å². The van der Waals surface area contributed by atoms with Crippen molar-refractivity contribution in [3.05, 3.63) is 66.0 Å². The number of nitrogens with zero attached hydrogens (tertiary/aromatic N) is 3. The van der Waals surface area contributed by atoms with Crippen molar-refractivity contribution in [2.75, 3.05) is 26.2 Å². The number of benzene rings is 1. The fourth-order valence-electron chi connectivity index (χ4n) is 5.69. The summed E-state index contributed by atoms with van der Waals surface area (Å²) < 4.78 is 5.85. The van der Waals surface area contributed by atoms with E-state index in [-0.39, 0.29) is 43.2 Å². The molecule has 1 saturated carbocycles. The molecule has 1 aromatic heterocycles. The second-order valence-corrected chi connectivity index (χ2v) is 10.5. The number of pyridine rings is 1. The van der Waals surface area contributed by atoms with Crippen molar-refractivity contribution >= 4 is 17.7 Å². The number of likely N-dealkylation sites (tertiary alicyclic amines) is 1. The lowest BCUT2D eigenvalue weighted by Gasteiger charge is -2.36. The molecule has 3 aliphatic rings. The molecule has 1 aliphatic carbocycles. The van der Waals surface area contributed by atoms with Crippen LogP contribution >= 0.6 is 0 Å². The third kappa shape index (κ3) is 5.21. The van der Waals surface area contributed by atoms with Crippen LogP contribution in [0.15, 0.2) is 54.7 Å². The van der Waals surface area contributed by atoms with Gasteiger partial charge in [0.25, 0.3) is 0 Å². The largest absolute Gasteiger partial charge is 0.376 e. The molecule has 1 aromatic carbocycles. The quantitative estimate of drug-likeness (QED) is 0.477. The summed E-state index contributed by atoms with van der Waals surface area (Å²) in [4.78, 5) is 48.6. The topological polar surface area (TPSA) is 79.8 Å². The number of hydrogen-bond donors (Lipinski definition) is 0. The van der Waals surface area contributed by atoms with Gasteiger partial charge in [-0.2, -0.15) is 0 Å². The minimum Gasteiger partial charge on any atom is -0.376 e. The first kappa shape index (κ1) is 24.6.